The summed E-state index contributed by atoms with van der Waals surface area (Å²) in [5, 5.41) is 0. The number of imidazole rings is 1. The van der Waals surface area contributed by atoms with Crippen molar-refractivity contribution in [1.82, 2.24) is 24.8 Å². The molecule has 1 aliphatic heterocycles. The minimum absolute atomic E-state index is 0.0263. The van der Waals surface area contributed by atoms with E-state index in [-0.39, 0.29) is 11.9 Å². The molecular weight excluding hydrogens is 302 g/mol. The highest BCUT2D eigenvalue weighted by atomic mass is 16.2. The minimum Gasteiger partial charge on any atom is -0.342 e. The highest BCUT2D eigenvalue weighted by Gasteiger charge is 2.31. The molecule has 3 aromatic rings. The maximum Gasteiger partial charge on any atom is 0.254 e. The summed E-state index contributed by atoms with van der Waals surface area (Å²) in [7, 11) is 0. The van der Waals surface area contributed by atoms with Crippen LogP contribution < -0.4 is 0 Å². The molecule has 24 heavy (non-hydrogen) atoms. The zero-order valence-electron chi connectivity index (χ0n) is 13.8. The Hall–Kier alpha value is -2.76. The molecule has 0 aliphatic carbocycles. The molecule has 1 saturated heterocycles. The van der Waals surface area contributed by atoms with Crippen LogP contribution in [0.5, 0.6) is 0 Å². The smallest absolute Gasteiger partial charge is 0.254 e. The van der Waals surface area contributed by atoms with Crippen LogP contribution in [0.25, 0.3) is 11.0 Å². The Morgan fingerprint density at radius 2 is 2.12 bits per heavy atom. The zero-order chi connectivity index (χ0) is 16.7. The van der Waals surface area contributed by atoms with Crippen LogP contribution in [0, 0.1) is 13.8 Å². The van der Waals surface area contributed by atoms with Crippen LogP contribution in [0.15, 0.2) is 30.5 Å². The number of fused-ring (bicyclic) bond motifs is 1. The zero-order valence-corrected chi connectivity index (χ0v) is 13.8. The van der Waals surface area contributed by atoms with Gasteiger partial charge in [-0.05, 0) is 51.0 Å². The molecule has 1 amide bonds. The molecule has 1 aromatic carbocycles. The summed E-state index contributed by atoms with van der Waals surface area (Å²) in [6.07, 6.45) is 3.69. The predicted octanol–water partition coefficient (Wildman–Crippen LogP) is 2.95. The molecule has 4 rings (SSSR count). The lowest BCUT2D eigenvalue weighted by atomic mass is 10.1. The van der Waals surface area contributed by atoms with Gasteiger partial charge in [0.2, 0.25) is 0 Å². The van der Waals surface area contributed by atoms with Crippen LogP contribution in [-0.2, 0) is 0 Å². The van der Waals surface area contributed by atoms with Crippen LogP contribution in [0.1, 0.15) is 46.6 Å². The van der Waals surface area contributed by atoms with Gasteiger partial charge < -0.3 is 9.88 Å². The summed E-state index contributed by atoms with van der Waals surface area (Å²) in [6.45, 7) is 4.54. The predicted molar refractivity (Wildman–Crippen MR) is 90.6 cm³/mol. The summed E-state index contributed by atoms with van der Waals surface area (Å²) in [5.74, 6) is 1.63. The summed E-state index contributed by atoms with van der Waals surface area (Å²) in [4.78, 5) is 31.2. The van der Waals surface area contributed by atoms with E-state index in [1.807, 2.05) is 43.0 Å². The third kappa shape index (κ3) is 2.54. The quantitative estimate of drug-likeness (QED) is 0.787. The summed E-state index contributed by atoms with van der Waals surface area (Å²) < 4.78 is 0. The van der Waals surface area contributed by atoms with Crippen molar-refractivity contribution >= 4 is 16.9 Å². The molecule has 0 saturated carbocycles. The van der Waals surface area contributed by atoms with Crippen molar-refractivity contribution < 1.29 is 4.79 Å². The molecule has 2 aromatic heterocycles. The molecule has 1 unspecified atom stereocenters. The fourth-order valence-electron chi connectivity index (χ4n) is 3.41. The number of aryl methyl sites for hydroxylation is 2. The van der Waals surface area contributed by atoms with Crippen molar-refractivity contribution in [2.75, 3.05) is 6.54 Å². The normalized spacial score (nSPS) is 17.6. The molecule has 1 fully saturated rings. The lowest BCUT2D eigenvalue weighted by Crippen LogP contribution is -2.31. The van der Waals surface area contributed by atoms with E-state index < -0.39 is 0 Å². The van der Waals surface area contributed by atoms with Gasteiger partial charge in [-0.3, -0.25) is 4.79 Å². The Balaban J connectivity index is 1.66. The SMILES string of the molecule is Cc1nccc(C2CCCN2C(=O)c2ccc3nc(C)[nH]c3c2)n1. The first-order valence-electron chi connectivity index (χ1n) is 8.19. The third-order valence-electron chi connectivity index (χ3n) is 4.50. The van der Waals surface area contributed by atoms with Crippen LogP contribution in [0.4, 0.5) is 0 Å². The van der Waals surface area contributed by atoms with Gasteiger partial charge in [-0.25, -0.2) is 15.0 Å². The molecule has 0 spiro atoms. The summed E-state index contributed by atoms with van der Waals surface area (Å²) >= 11 is 0. The largest absolute Gasteiger partial charge is 0.342 e. The van der Waals surface area contributed by atoms with Gasteiger partial charge in [0.15, 0.2) is 0 Å². The monoisotopic (exact) mass is 321 g/mol. The Morgan fingerprint density at radius 3 is 2.96 bits per heavy atom. The molecule has 3 heterocycles. The molecule has 122 valence electrons. The van der Waals surface area contributed by atoms with Crippen LogP contribution in [0.3, 0.4) is 0 Å². The van der Waals surface area contributed by atoms with Gasteiger partial charge in [0.25, 0.3) is 5.91 Å². The number of nitrogens with zero attached hydrogens (tertiary/aromatic N) is 4. The topological polar surface area (TPSA) is 74.8 Å². The second kappa shape index (κ2) is 5.70. The number of likely N-dealkylation sites (tertiary alicyclic amines) is 1. The average Bonchev–Trinajstić information content (AvgIpc) is 3.18. The number of nitrogens with one attached hydrogen (secondary N) is 1. The first kappa shape index (κ1) is 14.8. The van der Waals surface area contributed by atoms with Gasteiger partial charge in [0, 0.05) is 18.3 Å². The van der Waals surface area contributed by atoms with Crippen molar-refractivity contribution in [3.05, 3.63) is 53.4 Å². The van der Waals surface area contributed by atoms with E-state index in [2.05, 4.69) is 19.9 Å². The first-order valence-corrected chi connectivity index (χ1v) is 8.19. The number of H-pyrrole nitrogens is 1. The maximum atomic E-state index is 13.0. The fourth-order valence-corrected chi connectivity index (χ4v) is 3.41. The molecule has 1 aliphatic rings. The minimum atomic E-state index is 0.0263. The molecule has 6 heteroatoms. The lowest BCUT2D eigenvalue weighted by Gasteiger charge is -2.24. The Morgan fingerprint density at radius 1 is 1.25 bits per heavy atom. The van der Waals surface area contributed by atoms with Crippen molar-refractivity contribution in [3.63, 3.8) is 0 Å². The van der Waals surface area contributed by atoms with Crippen LogP contribution >= 0.6 is 0 Å². The van der Waals surface area contributed by atoms with E-state index in [0.29, 0.717) is 5.56 Å². The number of hydrogen-bond acceptors (Lipinski definition) is 4. The number of benzene rings is 1. The van der Waals surface area contributed by atoms with E-state index in [4.69, 9.17) is 0 Å². The van der Waals surface area contributed by atoms with Crippen LogP contribution in [0.2, 0.25) is 0 Å². The number of carbonyl (C=O) groups is 1. The number of hydrogen-bond donors (Lipinski definition) is 1. The van der Waals surface area contributed by atoms with Gasteiger partial charge in [-0.15, -0.1) is 0 Å². The molecule has 1 N–H and O–H groups in total. The lowest BCUT2D eigenvalue weighted by molar-refractivity contribution is 0.0733. The third-order valence-corrected chi connectivity index (χ3v) is 4.50. The number of amides is 1. The van der Waals surface area contributed by atoms with Crippen molar-refractivity contribution in [2.45, 2.75) is 32.7 Å². The van der Waals surface area contributed by atoms with Gasteiger partial charge >= 0.3 is 0 Å². The Kier molecular flexibility index (Phi) is 3.52. The van der Waals surface area contributed by atoms with Crippen molar-refractivity contribution in [2.24, 2.45) is 0 Å². The van der Waals surface area contributed by atoms with E-state index >= 15 is 0 Å². The van der Waals surface area contributed by atoms with E-state index in [1.165, 1.54) is 0 Å². The number of carbonyl (C=O) groups excluding carboxylic acids is 1. The van der Waals surface area contributed by atoms with E-state index in [1.54, 1.807) is 6.20 Å². The van der Waals surface area contributed by atoms with Crippen molar-refractivity contribution in [3.8, 4) is 0 Å². The summed E-state index contributed by atoms with van der Waals surface area (Å²) in [5.41, 5.74) is 3.39. The molecule has 0 radical (unpaired) electrons. The fraction of sp³-hybridized carbons (Fsp3) is 0.333. The van der Waals surface area contributed by atoms with E-state index in [9.17, 15) is 4.79 Å². The molecule has 6 nitrogen and oxygen atoms in total. The first-order chi connectivity index (χ1) is 11.6. The standard InChI is InChI=1S/C18H19N5O/c1-11-19-8-7-15(20-11)17-4-3-9-23(17)18(24)13-5-6-14-16(10-13)22-12(2)21-14/h5-8,10,17H,3-4,9H2,1-2H3,(H,21,22). The average molecular weight is 321 g/mol. The van der Waals surface area contributed by atoms with Gasteiger partial charge in [0.05, 0.1) is 22.8 Å². The van der Waals surface area contributed by atoms with Gasteiger partial charge in [0.1, 0.15) is 11.6 Å². The second-order valence-electron chi connectivity index (χ2n) is 6.24. The second-order valence-corrected chi connectivity index (χ2v) is 6.24. The Bertz CT molecular complexity index is 917. The van der Waals surface area contributed by atoms with Crippen molar-refractivity contribution in [1.29, 1.82) is 0 Å². The maximum absolute atomic E-state index is 13.0. The summed E-state index contributed by atoms with van der Waals surface area (Å²) in [6, 6.07) is 7.57. The number of aromatic nitrogens is 4. The van der Waals surface area contributed by atoms with Gasteiger partial charge in [-0.2, -0.15) is 0 Å². The molecular formula is C18H19N5O. The molecule has 0 bridgehead atoms. The highest BCUT2D eigenvalue weighted by Crippen LogP contribution is 2.32. The van der Waals surface area contributed by atoms with Crippen LogP contribution in [-0.4, -0.2) is 37.3 Å². The Labute approximate surface area is 140 Å². The highest BCUT2D eigenvalue weighted by molar-refractivity contribution is 5.97. The van der Waals surface area contributed by atoms with Gasteiger partial charge in [-0.1, -0.05) is 0 Å². The van der Waals surface area contributed by atoms with E-state index in [0.717, 1.165) is 47.8 Å². The number of aromatic amines is 1. The molecule has 1 atom stereocenters. The number of rotatable bonds is 2.